The van der Waals surface area contributed by atoms with Crippen LogP contribution in [-0.2, 0) is 6.54 Å². The topological polar surface area (TPSA) is 57.8 Å². The number of hydrogen-bond donors (Lipinski definition) is 2. The van der Waals surface area contributed by atoms with Crippen molar-refractivity contribution in [3.8, 4) is 11.3 Å². The minimum atomic E-state index is -0.296. The van der Waals surface area contributed by atoms with Crippen molar-refractivity contribution in [1.29, 1.82) is 0 Å². The second-order valence-electron chi connectivity index (χ2n) is 4.65. The van der Waals surface area contributed by atoms with Crippen molar-refractivity contribution < 1.29 is 4.39 Å². The van der Waals surface area contributed by atoms with Crippen LogP contribution in [0.2, 0.25) is 0 Å². The Morgan fingerprint density at radius 1 is 1.32 bits per heavy atom. The molecule has 0 spiro atoms. The van der Waals surface area contributed by atoms with E-state index in [0.29, 0.717) is 23.8 Å². The molecule has 0 aliphatic rings. The highest BCUT2D eigenvalue weighted by Crippen LogP contribution is 2.16. The first kappa shape index (κ1) is 13.4. The highest BCUT2D eigenvalue weighted by Gasteiger charge is 2.06. The van der Waals surface area contributed by atoms with E-state index in [1.165, 1.54) is 12.1 Å². The van der Waals surface area contributed by atoms with Gasteiger partial charge in [0.1, 0.15) is 5.82 Å². The summed E-state index contributed by atoms with van der Waals surface area (Å²) in [6, 6.07) is 8.02. The molecule has 5 heteroatoms. The van der Waals surface area contributed by atoms with E-state index in [0.717, 1.165) is 5.56 Å². The average molecular weight is 261 g/mol. The molecule has 1 aromatic carbocycles. The van der Waals surface area contributed by atoms with Crippen LogP contribution in [-0.4, -0.2) is 16.2 Å². The van der Waals surface area contributed by atoms with Crippen molar-refractivity contribution in [2.24, 2.45) is 0 Å². The largest absolute Gasteiger partial charge is 0.310 e. The van der Waals surface area contributed by atoms with Crippen LogP contribution in [0.4, 0.5) is 4.39 Å². The molecule has 0 aliphatic carbocycles. The van der Waals surface area contributed by atoms with Crippen LogP contribution in [0.5, 0.6) is 0 Å². The maximum Gasteiger partial charge on any atom is 0.268 e. The van der Waals surface area contributed by atoms with Gasteiger partial charge >= 0.3 is 0 Å². The third-order valence-electron chi connectivity index (χ3n) is 2.72. The monoisotopic (exact) mass is 261 g/mol. The summed E-state index contributed by atoms with van der Waals surface area (Å²) in [5.74, 6) is -0.296. The van der Waals surface area contributed by atoms with Gasteiger partial charge in [-0.1, -0.05) is 13.8 Å². The number of rotatable bonds is 4. The van der Waals surface area contributed by atoms with Gasteiger partial charge in [-0.3, -0.25) is 4.79 Å². The summed E-state index contributed by atoms with van der Waals surface area (Å²) in [6.07, 6.45) is 0. The number of halogens is 1. The molecule has 0 fully saturated rings. The molecule has 1 aromatic heterocycles. The number of nitrogens with one attached hydrogen (secondary N) is 2. The predicted molar refractivity (Wildman–Crippen MR) is 72.2 cm³/mol. The van der Waals surface area contributed by atoms with Gasteiger partial charge in [-0.15, -0.1) is 0 Å². The van der Waals surface area contributed by atoms with Gasteiger partial charge in [-0.25, -0.2) is 9.49 Å². The normalized spacial score (nSPS) is 10.9. The van der Waals surface area contributed by atoms with Crippen molar-refractivity contribution >= 4 is 0 Å². The fourth-order valence-corrected chi connectivity index (χ4v) is 1.66. The standard InChI is InChI=1S/C14H16FN3O/c1-9(2)16-8-11-7-13(17-18-14(11)19)10-3-5-12(15)6-4-10/h3-7,9,16H,8H2,1-2H3,(H,18,19). The van der Waals surface area contributed by atoms with E-state index >= 15 is 0 Å². The van der Waals surface area contributed by atoms with Gasteiger partial charge in [-0.2, -0.15) is 5.10 Å². The minimum absolute atomic E-state index is 0.209. The number of H-pyrrole nitrogens is 1. The van der Waals surface area contributed by atoms with Crippen LogP contribution in [0.1, 0.15) is 19.4 Å². The molecule has 0 aliphatic heterocycles. The second kappa shape index (κ2) is 5.75. The van der Waals surface area contributed by atoms with Crippen LogP contribution < -0.4 is 10.9 Å². The average Bonchev–Trinajstić information content (AvgIpc) is 2.39. The van der Waals surface area contributed by atoms with Gasteiger partial charge in [0, 0.05) is 23.7 Å². The summed E-state index contributed by atoms with van der Waals surface area (Å²) in [7, 11) is 0. The zero-order valence-corrected chi connectivity index (χ0v) is 10.9. The lowest BCUT2D eigenvalue weighted by Crippen LogP contribution is -2.26. The Balaban J connectivity index is 2.30. The molecule has 0 saturated heterocycles. The summed E-state index contributed by atoms with van der Waals surface area (Å²) >= 11 is 0. The number of benzene rings is 1. The lowest BCUT2D eigenvalue weighted by molar-refractivity contribution is 0.585. The first-order valence-corrected chi connectivity index (χ1v) is 6.14. The van der Waals surface area contributed by atoms with Gasteiger partial charge in [0.2, 0.25) is 0 Å². The number of nitrogens with zero attached hydrogens (tertiary/aromatic N) is 1. The van der Waals surface area contributed by atoms with Gasteiger partial charge < -0.3 is 5.32 Å². The fraction of sp³-hybridized carbons (Fsp3) is 0.286. The molecule has 4 nitrogen and oxygen atoms in total. The Morgan fingerprint density at radius 2 is 2.00 bits per heavy atom. The summed E-state index contributed by atoms with van der Waals surface area (Å²) in [6.45, 7) is 4.50. The van der Waals surface area contributed by atoms with Crippen LogP contribution >= 0.6 is 0 Å². The molecule has 0 amide bonds. The third kappa shape index (κ3) is 3.48. The Morgan fingerprint density at radius 3 is 2.63 bits per heavy atom. The van der Waals surface area contributed by atoms with Crippen LogP contribution in [0.25, 0.3) is 11.3 Å². The molecule has 1 heterocycles. The minimum Gasteiger partial charge on any atom is -0.310 e. The molecule has 2 rings (SSSR count). The Hall–Kier alpha value is -2.01. The Bertz CT molecular complexity index is 605. The van der Waals surface area contributed by atoms with E-state index in [1.54, 1.807) is 18.2 Å². The highest BCUT2D eigenvalue weighted by atomic mass is 19.1. The maximum absolute atomic E-state index is 12.9. The van der Waals surface area contributed by atoms with Crippen molar-refractivity contribution in [2.45, 2.75) is 26.4 Å². The summed E-state index contributed by atoms with van der Waals surface area (Å²) in [5, 5.41) is 9.63. The van der Waals surface area contributed by atoms with E-state index in [1.807, 2.05) is 13.8 Å². The molecule has 0 atom stereocenters. The fourth-order valence-electron chi connectivity index (χ4n) is 1.66. The zero-order valence-electron chi connectivity index (χ0n) is 10.9. The first-order chi connectivity index (χ1) is 9.06. The molecule has 19 heavy (non-hydrogen) atoms. The molecule has 0 saturated carbocycles. The molecule has 0 radical (unpaired) electrons. The molecule has 2 N–H and O–H groups in total. The van der Waals surface area contributed by atoms with Gasteiger partial charge in [-0.05, 0) is 30.3 Å². The Labute approximate surface area is 110 Å². The SMILES string of the molecule is CC(C)NCc1cc(-c2ccc(F)cc2)n[nH]c1=O. The third-order valence-corrected chi connectivity index (χ3v) is 2.72. The second-order valence-corrected chi connectivity index (χ2v) is 4.65. The number of aromatic nitrogens is 2. The lowest BCUT2D eigenvalue weighted by Gasteiger charge is -2.08. The van der Waals surface area contributed by atoms with E-state index in [2.05, 4.69) is 15.5 Å². The summed E-state index contributed by atoms with van der Waals surface area (Å²) in [4.78, 5) is 11.7. The first-order valence-electron chi connectivity index (χ1n) is 6.14. The van der Waals surface area contributed by atoms with Gasteiger partial charge in [0.05, 0.1) is 5.69 Å². The zero-order chi connectivity index (χ0) is 13.8. The van der Waals surface area contributed by atoms with Crippen LogP contribution in [0.15, 0.2) is 35.1 Å². The van der Waals surface area contributed by atoms with E-state index < -0.39 is 0 Å². The highest BCUT2D eigenvalue weighted by molar-refractivity contribution is 5.58. The van der Waals surface area contributed by atoms with Gasteiger partial charge in [0.25, 0.3) is 5.56 Å². The summed E-state index contributed by atoms with van der Waals surface area (Å²) < 4.78 is 12.9. The molecule has 0 bridgehead atoms. The van der Waals surface area contributed by atoms with Crippen LogP contribution in [0, 0.1) is 5.82 Å². The molecular weight excluding hydrogens is 245 g/mol. The van der Waals surface area contributed by atoms with Crippen molar-refractivity contribution in [3.05, 3.63) is 52.1 Å². The quantitative estimate of drug-likeness (QED) is 0.886. The smallest absolute Gasteiger partial charge is 0.268 e. The lowest BCUT2D eigenvalue weighted by atomic mass is 10.1. The van der Waals surface area contributed by atoms with Gasteiger partial charge in [0.15, 0.2) is 0 Å². The van der Waals surface area contributed by atoms with Crippen molar-refractivity contribution in [3.63, 3.8) is 0 Å². The van der Waals surface area contributed by atoms with E-state index in [4.69, 9.17) is 0 Å². The number of hydrogen-bond acceptors (Lipinski definition) is 3. The van der Waals surface area contributed by atoms with Crippen molar-refractivity contribution in [1.82, 2.24) is 15.5 Å². The van der Waals surface area contributed by atoms with Crippen molar-refractivity contribution in [2.75, 3.05) is 0 Å². The van der Waals surface area contributed by atoms with E-state index in [9.17, 15) is 9.18 Å². The maximum atomic E-state index is 12.9. The molecular formula is C14H16FN3O. The van der Waals surface area contributed by atoms with Crippen LogP contribution in [0.3, 0.4) is 0 Å². The number of aromatic amines is 1. The Kier molecular flexibility index (Phi) is 4.06. The summed E-state index contributed by atoms with van der Waals surface area (Å²) in [5.41, 5.74) is 1.80. The molecule has 100 valence electrons. The molecule has 2 aromatic rings. The van der Waals surface area contributed by atoms with E-state index in [-0.39, 0.29) is 11.4 Å². The molecule has 0 unspecified atom stereocenters. The predicted octanol–water partition coefficient (Wildman–Crippen LogP) is 2.07.